The lowest BCUT2D eigenvalue weighted by Crippen LogP contribution is -2.00. The lowest BCUT2D eigenvalue weighted by molar-refractivity contribution is 0.669. The molecule has 9 aromatic rings. The van der Waals surface area contributed by atoms with Gasteiger partial charge in [-0.2, -0.15) is 0 Å². The molecule has 4 nitrogen and oxygen atoms in total. The minimum Gasteiger partial charge on any atom is -0.456 e. The van der Waals surface area contributed by atoms with Crippen molar-refractivity contribution in [2.24, 2.45) is 0 Å². The molecular formula is C39H23N3O. The lowest BCUT2D eigenvalue weighted by Gasteiger charge is -2.13. The summed E-state index contributed by atoms with van der Waals surface area (Å²) in [5.41, 5.74) is 4.47. The van der Waals surface area contributed by atoms with Gasteiger partial charge in [-0.15, -0.1) is 0 Å². The van der Waals surface area contributed by atoms with Crippen molar-refractivity contribution in [1.29, 1.82) is 0 Å². The van der Waals surface area contributed by atoms with Gasteiger partial charge in [0.2, 0.25) is 0 Å². The fourth-order valence-corrected chi connectivity index (χ4v) is 6.25. The highest BCUT2D eigenvalue weighted by Crippen LogP contribution is 2.42. The van der Waals surface area contributed by atoms with Gasteiger partial charge < -0.3 is 4.42 Å². The van der Waals surface area contributed by atoms with Crippen LogP contribution in [0.5, 0.6) is 0 Å². The van der Waals surface area contributed by atoms with E-state index in [9.17, 15) is 0 Å². The second-order valence-corrected chi connectivity index (χ2v) is 10.8. The molecule has 7 aromatic carbocycles. The summed E-state index contributed by atoms with van der Waals surface area (Å²) >= 11 is 0. The van der Waals surface area contributed by atoms with Crippen LogP contribution in [0.4, 0.5) is 0 Å². The van der Waals surface area contributed by atoms with Gasteiger partial charge in [-0.05, 0) is 45.1 Å². The maximum absolute atomic E-state index is 6.48. The monoisotopic (exact) mass is 549 g/mol. The van der Waals surface area contributed by atoms with Gasteiger partial charge in [-0.3, -0.25) is 0 Å². The molecule has 0 aliphatic heterocycles. The van der Waals surface area contributed by atoms with Crippen molar-refractivity contribution in [1.82, 2.24) is 15.0 Å². The van der Waals surface area contributed by atoms with Crippen LogP contribution in [0.15, 0.2) is 144 Å². The van der Waals surface area contributed by atoms with Crippen molar-refractivity contribution < 1.29 is 4.42 Å². The van der Waals surface area contributed by atoms with E-state index in [0.717, 1.165) is 54.8 Å². The summed E-state index contributed by atoms with van der Waals surface area (Å²) in [4.78, 5) is 15.2. The third-order valence-electron chi connectivity index (χ3n) is 8.28. The van der Waals surface area contributed by atoms with E-state index in [4.69, 9.17) is 19.4 Å². The first kappa shape index (κ1) is 23.8. The summed E-state index contributed by atoms with van der Waals surface area (Å²) in [6.07, 6.45) is 0. The molecule has 0 unspecified atom stereocenters. The summed E-state index contributed by atoms with van der Waals surface area (Å²) in [5, 5.41) is 9.10. The molecule has 9 rings (SSSR count). The molecule has 0 atom stereocenters. The highest BCUT2D eigenvalue weighted by molar-refractivity contribution is 6.29. The molecule has 0 aliphatic rings. The van der Waals surface area contributed by atoms with E-state index in [1.54, 1.807) is 0 Å². The SMILES string of the molecule is c1ccc(-c2nc(-c3ccc4ccccc4c3)nc(-c3cc4oc5ccccc5c4c4c3ccc3ccccc34)n2)cc1. The van der Waals surface area contributed by atoms with E-state index in [1.807, 2.05) is 42.5 Å². The van der Waals surface area contributed by atoms with E-state index in [-0.39, 0.29) is 0 Å². The molecule has 0 radical (unpaired) electrons. The van der Waals surface area contributed by atoms with Crippen LogP contribution in [0.3, 0.4) is 0 Å². The fourth-order valence-electron chi connectivity index (χ4n) is 6.25. The minimum atomic E-state index is 0.611. The van der Waals surface area contributed by atoms with Crippen molar-refractivity contribution in [3.63, 3.8) is 0 Å². The van der Waals surface area contributed by atoms with Crippen LogP contribution in [0, 0.1) is 0 Å². The van der Waals surface area contributed by atoms with E-state index in [2.05, 4.69) is 97.1 Å². The van der Waals surface area contributed by atoms with Gasteiger partial charge in [-0.25, -0.2) is 15.0 Å². The Morgan fingerprint density at radius 3 is 1.88 bits per heavy atom. The minimum absolute atomic E-state index is 0.611. The molecule has 0 aliphatic carbocycles. The first-order valence-corrected chi connectivity index (χ1v) is 14.4. The largest absolute Gasteiger partial charge is 0.456 e. The van der Waals surface area contributed by atoms with Crippen molar-refractivity contribution in [2.75, 3.05) is 0 Å². The maximum Gasteiger partial charge on any atom is 0.164 e. The Kier molecular flexibility index (Phi) is 5.16. The van der Waals surface area contributed by atoms with Crippen LogP contribution < -0.4 is 0 Å². The first-order valence-electron chi connectivity index (χ1n) is 14.4. The Bertz CT molecular complexity index is 2510. The van der Waals surface area contributed by atoms with Crippen molar-refractivity contribution in [3.8, 4) is 34.2 Å². The van der Waals surface area contributed by atoms with Gasteiger partial charge in [-0.1, -0.05) is 121 Å². The number of furan rings is 1. The third-order valence-corrected chi connectivity index (χ3v) is 8.28. The van der Waals surface area contributed by atoms with E-state index in [0.29, 0.717) is 17.5 Å². The second-order valence-electron chi connectivity index (χ2n) is 10.8. The Hall–Kier alpha value is -5.87. The van der Waals surface area contributed by atoms with Crippen LogP contribution in [0.25, 0.3) is 88.4 Å². The molecule has 0 saturated heterocycles. The second kappa shape index (κ2) is 9.33. The van der Waals surface area contributed by atoms with Crippen molar-refractivity contribution in [2.45, 2.75) is 0 Å². The molecule has 200 valence electrons. The maximum atomic E-state index is 6.48. The van der Waals surface area contributed by atoms with Crippen LogP contribution in [-0.4, -0.2) is 15.0 Å². The Morgan fingerprint density at radius 2 is 1.02 bits per heavy atom. The molecule has 43 heavy (non-hydrogen) atoms. The van der Waals surface area contributed by atoms with Crippen molar-refractivity contribution in [3.05, 3.63) is 140 Å². The van der Waals surface area contributed by atoms with Crippen LogP contribution in [0.2, 0.25) is 0 Å². The fraction of sp³-hybridized carbons (Fsp3) is 0. The molecule has 0 fully saturated rings. The van der Waals surface area contributed by atoms with Crippen molar-refractivity contribution >= 4 is 54.3 Å². The van der Waals surface area contributed by atoms with Gasteiger partial charge in [0.1, 0.15) is 11.2 Å². The van der Waals surface area contributed by atoms with E-state index in [1.165, 1.54) is 16.2 Å². The Labute approximate surface area is 246 Å². The predicted molar refractivity (Wildman–Crippen MR) is 176 cm³/mol. The number of hydrogen-bond donors (Lipinski definition) is 0. The summed E-state index contributed by atoms with van der Waals surface area (Å²) in [6, 6.07) is 48.0. The molecule has 2 aromatic heterocycles. The molecule has 4 heteroatoms. The molecular weight excluding hydrogens is 526 g/mol. The van der Waals surface area contributed by atoms with Crippen LogP contribution in [-0.2, 0) is 0 Å². The lowest BCUT2D eigenvalue weighted by atomic mass is 9.94. The quantitative estimate of drug-likeness (QED) is 0.206. The predicted octanol–water partition coefficient (Wildman–Crippen LogP) is 10.2. The third kappa shape index (κ3) is 3.81. The summed E-state index contributed by atoms with van der Waals surface area (Å²) in [7, 11) is 0. The smallest absolute Gasteiger partial charge is 0.164 e. The summed E-state index contributed by atoms with van der Waals surface area (Å²) < 4.78 is 6.48. The number of para-hydroxylation sites is 1. The summed E-state index contributed by atoms with van der Waals surface area (Å²) in [6.45, 7) is 0. The number of fused-ring (bicyclic) bond motifs is 8. The molecule has 0 spiro atoms. The normalized spacial score (nSPS) is 11.7. The highest BCUT2D eigenvalue weighted by Gasteiger charge is 2.20. The number of hydrogen-bond acceptors (Lipinski definition) is 4. The standard InChI is InChI=1S/C39H23N3O/c1-2-12-26(13-3-1)37-40-38(28-19-18-24-10-4-5-14-27(24)22-28)42-39(41-37)32-23-34-36(31-16-8-9-17-33(31)43-34)35-29-15-7-6-11-25(29)20-21-30(32)35/h1-23H. The van der Waals surface area contributed by atoms with E-state index < -0.39 is 0 Å². The Balaban J connectivity index is 1.39. The highest BCUT2D eigenvalue weighted by atomic mass is 16.3. The van der Waals surface area contributed by atoms with Crippen LogP contribution in [0.1, 0.15) is 0 Å². The zero-order chi connectivity index (χ0) is 28.3. The average molecular weight is 550 g/mol. The first-order chi connectivity index (χ1) is 21.3. The molecule has 0 amide bonds. The van der Waals surface area contributed by atoms with E-state index >= 15 is 0 Å². The zero-order valence-electron chi connectivity index (χ0n) is 23.0. The van der Waals surface area contributed by atoms with Crippen LogP contribution >= 0.6 is 0 Å². The van der Waals surface area contributed by atoms with Gasteiger partial charge in [0.25, 0.3) is 0 Å². The number of nitrogens with zero attached hydrogens (tertiary/aromatic N) is 3. The number of aromatic nitrogens is 3. The summed E-state index contributed by atoms with van der Waals surface area (Å²) in [5.74, 6) is 1.88. The van der Waals surface area contributed by atoms with Gasteiger partial charge in [0.05, 0.1) is 0 Å². The van der Waals surface area contributed by atoms with Gasteiger partial charge >= 0.3 is 0 Å². The topological polar surface area (TPSA) is 51.8 Å². The average Bonchev–Trinajstić information content (AvgIpc) is 3.46. The molecule has 0 N–H and O–H groups in total. The Morgan fingerprint density at radius 1 is 0.372 bits per heavy atom. The zero-order valence-corrected chi connectivity index (χ0v) is 23.0. The number of benzene rings is 7. The molecule has 0 bridgehead atoms. The molecule has 0 saturated carbocycles. The number of rotatable bonds is 3. The molecule has 2 heterocycles. The van der Waals surface area contributed by atoms with Gasteiger partial charge in [0, 0.05) is 32.8 Å². The van der Waals surface area contributed by atoms with Gasteiger partial charge in [0.15, 0.2) is 17.5 Å².